The van der Waals surface area contributed by atoms with Crippen molar-refractivity contribution in [2.75, 3.05) is 13.1 Å². The van der Waals surface area contributed by atoms with Crippen LogP contribution in [0.1, 0.15) is 49.7 Å². The van der Waals surface area contributed by atoms with Crippen LogP contribution < -0.4 is 0 Å². The minimum atomic E-state index is -0.383. The number of carbonyl (C=O) groups excluding carboxylic acids is 1. The molecule has 1 aromatic rings. The number of terminal acetylenes is 1. The average molecular weight is 337 g/mol. The number of benzene rings is 1. The molecule has 3 aliphatic rings. The lowest BCUT2D eigenvalue weighted by Crippen LogP contribution is -2.48. The van der Waals surface area contributed by atoms with E-state index in [4.69, 9.17) is 11.2 Å². The summed E-state index contributed by atoms with van der Waals surface area (Å²) in [5.41, 5.74) is 1.80. The molecule has 1 spiro atoms. The number of ether oxygens (including phenoxy) is 1. The number of amides is 1. The first kappa shape index (κ1) is 16.3. The number of hydrogen-bond donors (Lipinski definition) is 0. The van der Waals surface area contributed by atoms with E-state index in [2.05, 4.69) is 34.3 Å². The maximum Gasteiger partial charge on any atom is 0.222 e. The standard InChI is InChI=1S/C20H23N3O2/c1-2-3-11-20(21-22-20)12-9-18(24)23-13-6-10-19(15-23)17-8-5-4-7-16(17)14-25-19/h1,4-5,7-8H,3,6,9-15H2. The van der Waals surface area contributed by atoms with E-state index in [0.717, 1.165) is 25.8 Å². The average Bonchev–Trinajstić information content (AvgIpc) is 3.35. The van der Waals surface area contributed by atoms with Crippen LogP contribution in [0.2, 0.25) is 0 Å². The van der Waals surface area contributed by atoms with Crippen molar-refractivity contribution in [1.82, 2.24) is 4.90 Å². The zero-order chi connectivity index (χ0) is 17.3. The molecule has 1 saturated heterocycles. The molecule has 5 heteroatoms. The number of nitrogens with zero attached hydrogens (tertiary/aromatic N) is 3. The molecular formula is C20H23N3O2. The third-order valence-electron chi connectivity index (χ3n) is 5.61. The predicted molar refractivity (Wildman–Crippen MR) is 93.6 cm³/mol. The highest BCUT2D eigenvalue weighted by Crippen LogP contribution is 2.43. The van der Waals surface area contributed by atoms with E-state index in [1.54, 1.807) is 0 Å². The Bertz CT molecular complexity index is 742. The largest absolute Gasteiger partial charge is 0.364 e. The molecule has 25 heavy (non-hydrogen) atoms. The van der Waals surface area contributed by atoms with Gasteiger partial charge in [0.1, 0.15) is 5.60 Å². The molecule has 3 heterocycles. The quantitative estimate of drug-likeness (QED) is 0.773. The zero-order valence-corrected chi connectivity index (χ0v) is 14.4. The molecule has 0 aromatic heterocycles. The fourth-order valence-electron chi connectivity index (χ4n) is 4.09. The molecule has 1 fully saturated rings. The lowest BCUT2D eigenvalue weighted by molar-refractivity contribution is -0.143. The van der Waals surface area contributed by atoms with Crippen molar-refractivity contribution in [2.45, 2.75) is 56.4 Å². The molecule has 130 valence electrons. The Morgan fingerprint density at radius 1 is 1.32 bits per heavy atom. The topological polar surface area (TPSA) is 54.3 Å². The van der Waals surface area contributed by atoms with Gasteiger partial charge in [0, 0.05) is 32.2 Å². The zero-order valence-electron chi connectivity index (χ0n) is 14.4. The molecule has 0 radical (unpaired) electrons. The molecule has 4 rings (SSSR count). The van der Waals surface area contributed by atoms with Crippen molar-refractivity contribution in [2.24, 2.45) is 10.2 Å². The van der Waals surface area contributed by atoms with Crippen LogP contribution in [0.4, 0.5) is 0 Å². The van der Waals surface area contributed by atoms with E-state index >= 15 is 0 Å². The number of rotatable bonds is 5. The fraction of sp³-hybridized carbons (Fsp3) is 0.550. The number of piperidine rings is 1. The summed E-state index contributed by atoms with van der Waals surface area (Å²) in [6, 6.07) is 8.37. The Morgan fingerprint density at radius 2 is 2.16 bits per heavy atom. The van der Waals surface area contributed by atoms with E-state index in [9.17, 15) is 4.79 Å². The first-order valence-corrected chi connectivity index (χ1v) is 9.04. The summed E-state index contributed by atoms with van der Waals surface area (Å²) in [7, 11) is 0. The maximum absolute atomic E-state index is 12.7. The Hall–Kier alpha value is -2.19. The number of hydrogen-bond acceptors (Lipinski definition) is 4. The van der Waals surface area contributed by atoms with Crippen LogP contribution >= 0.6 is 0 Å². The molecule has 0 bridgehead atoms. The van der Waals surface area contributed by atoms with Crippen LogP contribution in [0.3, 0.4) is 0 Å². The van der Waals surface area contributed by atoms with Gasteiger partial charge in [-0.3, -0.25) is 4.79 Å². The normalized spacial score (nSPS) is 25.6. The summed E-state index contributed by atoms with van der Waals surface area (Å²) in [6.45, 7) is 2.09. The molecule has 1 unspecified atom stereocenters. The highest BCUT2D eigenvalue weighted by atomic mass is 16.5. The Morgan fingerprint density at radius 3 is 2.96 bits per heavy atom. The number of fused-ring (bicyclic) bond motifs is 2. The first-order valence-electron chi connectivity index (χ1n) is 9.04. The van der Waals surface area contributed by atoms with Crippen molar-refractivity contribution < 1.29 is 9.53 Å². The Kier molecular flexibility index (Phi) is 4.09. The third kappa shape index (κ3) is 3.07. The molecule has 0 saturated carbocycles. The highest BCUT2D eigenvalue weighted by Gasteiger charge is 2.45. The van der Waals surface area contributed by atoms with Crippen molar-refractivity contribution >= 4 is 5.91 Å². The molecule has 3 aliphatic heterocycles. The predicted octanol–water partition coefficient (Wildman–Crippen LogP) is 3.39. The lowest BCUT2D eigenvalue weighted by atomic mass is 9.85. The fourth-order valence-corrected chi connectivity index (χ4v) is 4.09. The second-order valence-electron chi connectivity index (χ2n) is 7.25. The van der Waals surface area contributed by atoms with Gasteiger partial charge in [-0.15, -0.1) is 12.3 Å². The molecule has 5 nitrogen and oxygen atoms in total. The van der Waals surface area contributed by atoms with Gasteiger partial charge in [0.15, 0.2) is 5.66 Å². The monoisotopic (exact) mass is 337 g/mol. The number of carbonyl (C=O) groups is 1. The van der Waals surface area contributed by atoms with Gasteiger partial charge >= 0.3 is 0 Å². The third-order valence-corrected chi connectivity index (χ3v) is 5.61. The molecular weight excluding hydrogens is 314 g/mol. The van der Waals surface area contributed by atoms with E-state index in [-0.39, 0.29) is 17.2 Å². The first-order chi connectivity index (χ1) is 12.2. The van der Waals surface area contributed by atoms with Gasteiger partial charge in [-0.2, -0.15) is 10.2 Å². The smallest absolute Gasteiger partial charge is 0.222 e. The summed E-state index contributed by atoms with van der Waals surface area (Å²) < 4.78 is 6.19. The van der Waals surface area contributed by atoms with Gasteiger partial charge in [-0.05, 0) is 24.0 Å². The Balaban J connectivity index is 1.39. The highest BCUT2D eigenvalue weighted by molar-refractivity contribution is 5.76. The Labute approximate surface area is 148 Å². The second kappa shape index (κ2) is 6.27. The number of likely N-dealkylation sites (tertiary alicyclic amines) is 1. The van der Waals surface area contributed by atoms with Gasteiger partial charge in [0.2, 0.25) is 5.91 Å². The van der Waals surface area contributed by atoms with Crippen LogP contribution in [0.5, 0.6) is 0 Å². The van der Waals surface area contributed by atoms with Crippen LogP contribution in [0, 0.1) is 12.3 Å². The summed E-state index contributed by atoms with van der Waals surface area (Å²) in [5.74, 6) is 2.80. The van der Waals surface area contributed by atoms with Crippen molar-refractivity contribution in [3.05, 3.63) is 35.4 Å². The van der Waals surface area contributed by atoms with Gasteiger partial charge in [-0.25, -0.2) is 0 Å². The van der Waals surface area contributed by atoms with Gasteiger partial charge in [0.25, 0.3) is 0 Å². The van der Waals surface area contributed by atoms with E-state index in [1.165, 1.54) is 11.1 Å². The van der Waals surface area contributed by atoms with E-state index in [1.807, 2.05) is 11.0 Å². The summed E-state index contributed by atoms with van der Waals surface area (Å²) in [4.78, 5) is 14.7. The van der Waals surface area contributed by atoms with E-state index < -0.39 is 0 Å². The summed E-state index contributed by atoms with van der Waals surface area (Å²) >= 11 is 0. The van der Waals surface area contributed by atoms with Crippen molar-refractivity contribution in [1.29, 1.82) is 0 Å². The van der Waals surface area contributed by atoms with Crippen LogP contribution in [0.15, 0.2) is 34.5 Å². The SMILES string of the molecule is C#CCCC1(CCC(=O)N2CCCC3(C2)OCc2ccccc23)N=N1. The molecule has 1 aromatic carbocycles. The second-order valence-corrected chi connectivity index (χ2v) is 7.25. The maximum atomic E-state index is 12.7. The van der Waals surface area contributed by atoms with Gasteiger partial charge < -0.3 is 9.64 Å². The van der Waals surface area contributed by atoms with E-state index in [0.29, 0.717) is 32.4 Å². The summed E-state index contributed by atoms with van der Waals surface area (Å²) in [5, 5.41) is 8.25. The minimum absolute atomic E-state index is 0.171. The summed E-state index contributed by atoms with van der Waals surface area (Å²) in [6.07, 6.45) is 9.79. The van der Waals surface area contributed by atoms with Gasteiger partial charge in [-0.1, -0.05) is 24.3 Å². The van der Waals surface area contributed by atoms with Crippen LogP contribution in [-0.2, 0) is 21.7 Å². The molecule has 0 aliphatic carbocycles. The van der Waals surface area contributed by atoms with Crippen molar-refractivity contribution in [3.8, 4) is 12.3 Å². The minimum Gasteiger partial charge on any atom is -0.364 e. The van der Waals surface area contributed by atoms with Crippen molar-refractivity contribution in [3.63, 3.8) is 0 Å². The molecule has 1 atom stereocenters. The van der Waals surface area contributed by atoms with Crippen LogP contribution in [-0.4, -0.2) is 29.6 Å². The lowest BCUT2D eigenvalue weighted by Gasteiger charge is -2.40. The molecule has 1 amide bonds. The van der Waals surface area contributed by atoms with Crippen LogP contribution in [0.25, 0.3) is 0 Å². The molecule has 0 N–H and O–H groups in total. The van der Waals surface area contributed by atoms with Gasteiger partial charge in [0.05, 0.1) is 13.2 Å².